The maximum Gasteiger partial charge on any atom is 0.307 e. The summed E-state index contributed by atoms with van der Waals surface area (Å²) in [6, 6.07) is 2.73. The van der Waals surface area contributed by atoms with Crippen LogP contribution < -0.4 is 4.74 Å². The second-order valence-corrected chi connectivity index (χ2v) is 5.11. The number of aromatic hydroxyl groups is 1. The molecule has 2 N–H and O–H groups in total. The zero-order valence-corrected chi connectivity index (χ0v) is 10.3. The second-order valence-electron chi connectivity index (χ2n) is 5.11. The highest BCUT2D eigenvalue weighted by Crippen LogP contribution is 2.42. The van der Waals surface area contributed by atoms with E-state index in [1.807, 2.05) is 0 Å². The van der Waals surface area contributed by atoms with Gasteiger partial charge in [0, 0.05) is 6.07 Å². The third kappa shape index (κ3) is 1.95. The first-order valence-corrected chi connectivity index (χ1v) is 6.35. The molecular weight excluding hydrogens is 248 g/mol. The molecule has 1 saturated carbocycles. The summed E-state index contributed by atoms with van der Waals surface area (Å²) >= 11 is 0. The molecule has 19 heavy (non-hydrogen) atoms. The zero-order valence-electron chi connectivity index (χ0n) is 10.3. The van der Waals surface area contributed by atoms with Crippen molar-refractivity contribution in [2.75, 3.05) is 0 Å². The first-order chi connectivity index (χ1) is 9.06. The third-order valence-corrected chi connectivity index (χ3v) is 3.82. The number of phenolic OH excluding ortho intramolecular Hbond substituents is 1. The van der Waals surface area contributed by atoms with E-state index in [0.717, 1.165) is 19.3 Å². The molecule has 2 aliphatic rings. The van der Waals surface area contributed by atoms with Gasteiger partial charge in [-0.2, -0.15) is 0 Å². The average molecular weight is 262 g/mol. The van der Waals surface area contributed by atoms with Gasteiger partial charge in [0.2, 0.25) is 0 Å². The molecule has 3 rings (SSSR count). The van der Waals surface area contributed by atoms with Crippen molar-refractivity contribution in [2.24, 2.45) is 5.92 Å². The average Bonchev–Trinajstić information content (AvgIpc) is 2.75. The van der Waals surface area contributed by atoms with E-state index < -0.39 is 5.97 Å². The number of phenols is 1. The van der Waals surface area contributed by atoms with Gasteiger partial charge < -0.3 is 14.9 Å². The van der Waals surface area contributed by atoms with Gasteiger partial charge in [0.15, 0.2) is 5.78 Å². The van der Waals surface area contributed by atoms with Gasteiger partial charge in [0.05, 0.1) is 17.9 Å². The molecule has 1 heterocycles. The molecule has 0 radical (unpaired) electrons. The molecule has 1 aromatic rings. The minimum atomic E-state index is -1.03. The lowest BCUT2D eigenvalue weighted by atomic mass is 9.87. The van der Waals surface area contributed by atoms with Crippen LogP contribution in [0.1, 0.15) is 35.2 Å². The number of carboxylic acids is 1. The van der Waals surface area contributed by atoms with Crippen molar-refractivity contribution in [3.8, 4) is 11.5 Å². The quantitative estimate of drug-likeness (QED) is 0.848. The number of hydrogen-bond donors (Lipinski definition) is 2. The summed E-state index contributed by atoms with van der Waals surface area (Å²) in [5.41, 5.74) is 0.668. The van der Waals surface area contributed by atoms with Crippen LogP contribution in [-0.4, -0.2) is 28.1 Å². The number of carbonyl (C=O) groups is 2. The zero-order chi connectivity index (χ0) is 13.6. The van der Waals surface area contributed by atoms with Crippen molar-refractivity contribution >= 4 is 11.8 Å². The summed E-state index contributed by atoms with van der Waals surface area (Å²) in [7, 11) is 0. The Labute approximate surface area is 109 Å². The van der Waals surface area contributed by atoms with Gasteiger partial charge in [0.1, 0.15) is 17.6 Å². The predicted octanol–water partition coefficient (Wildman–Crippen LogP) is 1.76. The van der Waals surface area contributed by atoms with Crippen LogP contribution in [0.2, 0.25) is 0 Å². The van der Waals surface area contributed by atoms with Crippen molar-refractivity contribution in [2.45, 2.75) is 31.8 Å². The van der Waals surface area contributed by atoms with Gasteiger partial charge in [-0.25, -0.2) is 0 Å². The van der Waals surface area contributed by atoms with E-state index >= 15 is 0 Å². The summed E-state index contributed by atoms with van der Waals surface area (Å²) in [6.45, 7) is 0. The molecule has 0 unspecified atom stereocenters. The number of ether oxygens (including phenoxy) is 1. The Morgan fingerprint density at radius 1 is 1.37 bits per heavy atom. The van der Waals surface area contributed by atoms with Gasteiger partial charge in [0.25, 0.3) is 0 Å². The minimum Gasteiger partial charge on any atom is -0.508 e. The van der Waals surface area contributed by atoms with Gasteiger partial charge in [-0.3, -0.25) is 9.59 Å². The predicted molar refractivity (Wildman–Crippen MR) is 65.5 cm³/mol. The molecule has 0 spiro atoms. The summed E-state index contributed by atoms with van der Waals surface area (Å²) in [6.07, 6.45) is 2.15. The van der Waals surface area contributed by atoms with Crippen molar-refractivity contribution in [1.29, 1.82) is 0 Å². The molecule has 0 saturated heterocycles. The molecule has 0 amide bonds. The molecule has 0 bridgehead atoms. The fourth-order valence-electron chi connectivity index (χ4n) is 3.05. The Morgan fingerprint density at radius 2 is 2.16 bits per heavy atom. The van der Waals surface area contributed by atoms with Crippen LogP contribution in [0.25, 0.3) is 0 Å². The van der Waals surface area contributed by atoms with Crippen LogP contribution >= 0.6 is 0 Å². The number of aliphatic carboxylic acids is 1. The van der Waals surface area contributed by atoms with E-state index in [1.165, 1.54) is 12.1 Å². The van der Waals surface area contributed by atoms with Gasteiger partial charge in [-0.1, -0.05) is 0 Å². The number of carboxylic acid groups (broad SMARTS) is 1. The maximum absolute atomic E-state index is 12.5. The molecule has 1 aromatic carbocycles. The van der Waals surface area contributed by atoms with E-state index in [0.29, 0.717) is 16.9 Å². The van der Waals surface area contributed by atoms with Crippen LogP contribution in [0.4, 0.5) is 0 Å². The Hall–Kier alpha value is -2.04. The summed E-state index contributed by atoms with van der Waals surface area (Å²) in [5, 5.41) is 18.5. The van der Waals surface area contributed by atoms with Crippen LogP contribution in [0.5, 0.6) is 11.5 Å². The topological polar surface area (TPSA) is 83.8 Å². The number of fused-ring (bicyclic) bond motifs is 2. The molecule has 1 fully saturated rings. The third-order valence-electron chi connectivity index (χ3n) is 3.82. The van der Waals surface area contributed by atoms with Gasteiger partial charge >= 0.3 is 5.97 Å². The smallest absolute Gasteiger partial charge is 0.307 e. The Morgan fingerprint density at radius 3 is 2.89 bits per heavy atom. The van der Waals surface area contributed by atoms with E-state index in [-0.39, 0.29) is 30.0 Å². The molecule has 5 nitrogen and oxygen atoms in total. The fourth-order valence-corrected chi connectivity index (χ4v) is 3.05. The SMILES string of the molecule is O=C(O)Cc1cc(O)cc2c1C(=O)[C@H]1CCC[C@H]1O2. The molecule has 100 valence electrons. The molecule has 0 aromatic heterocycles. The van der Waals surface area contributed by atoms with Crippen molar-refractivity contribution in [1.82, 2.24) is 0 Å². The number of benzene rings is 1. The Bertz CT molecular complexity index is 563. The summed E-state index contributed by atoms with van der Waals surface area (Å²) < 4.78 is 5.76. The number of carbonyl (C=O) groups excluding carboxylic acids is 1. The monoisotopic (exact) mass is 262 g/mol. The number of hydrogen-bond acceptors (Lipinski definition) is 4. The molecule has 1 aliphatic heterocycles. The lowest BCUT2D eigenvalue weighted by molar-refractivity contribution is -0.136. The molecule has 1 aliphatic carbocycles. The highest BCUT2D eigenvalue weighted by molar-refractivity contribution is 6.04. The summed E-state index contributed by atoms with van der Waals surface area (Å²) in [5.74, 6) is -0.984. The molecule has 2 atom stereocenters. The van der Waals surface area contributed by atoms with Crippen LogP contribution in [-0.2, 0) is 11.2 Å². The number of ketones is 1. The van der Waals surface area contributed by atoms with E-state index in [4.69, 9.17) is 9.84 Å². The van der Waals surface area contributed by atoms with Crippen LogP contribution in [0.3, 0.4) is 0 Å². The minimum absolute atomic E-state index is 0.0417. The Kier molecular flexibility index (Phi) is 2.69. The van der Waals surface area contributed by atoms with Crippen molar-refractivity contribution in [3.05, 3.63) is 23.3 Å². The lowest BCUT2D eigenvalue weighted by Crippen LogP contribution is -2.34. The first-order valence-electron chi connectivity index (χ1n) is 6.35. The number of Topliss-reactive ketones (excluding diaryl/α,β-unsaturated/α-hetero) is 1. The van der Waals surface area contributed by atoms with E-state index in [2.05, 4.69) is 0 Å². The van der Waals surface area contributed by atoms with Crippen LogP contribution in [0.15, 0.2) is 12.1 Å². The highest BCUT2D eigenvalue weighted by Gasteiger charge is 2.41. The molecular formula is C14H14O5. The highest BCUT2D eigenvalue weighted by atomic mass is 16.5. The lowest BCUT2D eigenvalue weighted by Gasteiger charge is -2.29. The Balaban J connectivity index is 2.10. The van der Waals surface area contributed by atoms with Gasteiger partial charge in [-0.15, -0.1) is 0 Å². The summed E-state index contributed by atoms with van der Waals surface area (Å²) in [4.78, 5) is 23.3. The standard InChI is InChI=1S/C14H14O5/c15-8-4-7(5-12(16)17)13-11(6-8)19-10-3-1-2-9(10)14(13)18/h4,6,9-10,15H,1-3,5H2,(H,16,17)/t9-,10+/m0/s1. The largest absolute Gasteiger partial charge is 0.508 e. The van der Waals surface area contributed by atoms with E-state index in [9.17, 15) is 14.7 Å². The normalized spacial score (nSPS) is 24.5. The number of rotatable bonds is 2. The van der Waals surface area contributed by atoms with Crippen LogP contribution in [0, 0.1) is 5.92 Å². The molecule has 5 heteroatoms. The second kappa shape index (κ2) is 4.26. The van der Waals surface area contributed by atoms with Gasteiger partial charge in [-0.05, 0) is 30.9 Å². The van der Waals surface area contributed by atoms with Crippen molar-refractivity contribution < 1.29 is 24.5 Å². The first kappa shape index (κ1) is 12.0. The van der Waals surface area contributed by atoms with Crippen molar-refractivity contribution in [3.63, 3.8) is 0 Å². The fraction of sp³-hybridized carbons (Fsp3) is 0.429. The maximum atomic E-state index is 12.5. The van der Waals surface area contributed by atoms with E-state index in [1.54, 1.807) is 0 Å².